The van der Waals surface area contributed by atoms with Crippen molar-refractivity contribution in [2.24, 2.45) is 7.05 Å². The Morgan fingerprint density at radius 1 is 1.25 bits per heavy atom. The summed E-state index contributed by atoms with van der Waals surface area (Å²) in [6.07, 6.45) is 2.91. The number of carbonyl (C=O) groups is 2. The first-order valence-electron chi connectivity index (χ1n) is 6.89. The fourth-order valence-corrected chi connectivity index (χ4v) is 2.42. The number of amides is 2. The number of aryl methyl sites for hydroxylation is 1. The molecule has 20 heavy (non-hydrogen) atoms. The molecule has 0 bridgehead atoms. The molecule has 0 radical (unpaired) electrons. The zero-order valence-electron chi connectivity index (χ0n) is 12.0. The molecular weight excluding hydrogens is 258 g/mol. The van der Waals surface area contributed by atoms with Gasteiger partial charge in [0, 0.05) is 45.8 Å². The first kappa shape index (κ1) is 14.4. The minimum Gasteiger partial charge on any atom is -0.396 e. The second-order valence-corrected chi connectivity index (χ2v) is 4.99. The number of rotatable bonds is 2. The number of hydrogen-bond acceptors (Lipinski definition) is 4. The van der Waals surface area contributed by atoms with Crippen molar-refractivity contribution in [3.8, 4) is 0 Å². The first-order valence-corrected chi connectivity index (χ1v) is 6.89. The summed E-state index contributed by atoms with van der Waals surface area (Å²) in [6.45, 7) is 4.28. The fraction of sp³-hybridized carbons (Fsp3) is 0.615. The molecule has 7 heteroatoms. The molecule has 0 aliphatic carbocycles. The van der Waals surface area contributed by atoms with Crippen molar-refractivity contribution in [3.63, 3.8) is 0 Å². The zero-order chi connectivity index (χ0) is 14.7. The molecule has 1 fully saturated rings. The molecule has 0 unspecified atom stereocenters. The molecule has 7 nitrogen and oxygen atoms in total. The molecule has 0 atom stereocenters. The number of anilines is 1. The van der Waals surface area contributed by atoms with Gasteiger partial charge in [-0.25, -0.2) is 0 Å². The average molecular weight is 279 g/mol. The standard InChI is InChI=1S/C13H21N5O2/c1-3-11(19)17-5-4-6-18(8-7-17)13(20)12-10(14)9-16(2)15-12/h9H,3-8,14H2,1-2H3. The number of hydrogen-bond donors (Lipinski definition) is 1. The molecule has 2 heterocycles. The topological polar surface area (TPSA) is 84.5 Å². The van der Waals surface area contributed by atoms with Crippen molar-refractivity contribution < 1.29 is 9.59 Å². The van der Waals surface area contributed by atoms with Crippen LogP contribution in [0.15, 0.2) is 6.20 Å². The van der Waals surface area contributed by atoms with Gasteiger partial charge in [0.15, 0.2) is 5.69 Å². The summed E-state index contributed by atoms with van der Waals surface area (Å²) in [6, 6.07) is 0. The van der Waals surface area contributed by atoms with Gasteiger partial charge in [-0.3, -0.25) is 14.3 Å². The SMILES string of the molecule is CCC(=O)N1CCCN(C(=O)c2nn(C)cc2N)CC1. The van der Waals surface area contributed by atoms with E-state index in [1.54, 1.807) is 18.1 Å². The highest BCUT2D eigenvalue weighted by Crippen LogP contribution is 2.13. The first-order chi connectivity index (χ1) is 9.52. The van der Waals surface area contributed by atoms with E-state index in [-0.39, 0.29) is 11.8 Å². The lowest BCUT2D eigenvalue weighted by atomic mass is 10.3. The number of nitrogens with zero attached hydrogens (tertiary/aromatic N) is 4. The van der Waals surface area contributed by atoms with Gasteiger partial charge in [0.2, 0.25) is 5.91 Å². The molecule has 0 aromatic carbocycles. The van der Waals surface area contributed by atoms with Crippen LogP contribution in [0.5, 0.6) is 0 Å². The highest BCUT2D eigenvalue weighted by Gasteiger charge is 2.24. The third-order valence-corrected chi connectivity index (χ3v) is 3.50. The van der Waals surface area contributed by atoms with Crippen LogP contribution in [0.3, 0.4) is 0 Å². The molecule has 110 valence electrons. The van der Waals surface area contributed by atoms with Crippen molar-refractivity contribution >= 4 is 17.5 Å². The second kappa shape index (κ2) is 5.94. The van der Waals surface area contributed by atoms with Crippen LogP contribution < -0.4 is 5.73 Å². The quantitative estimate of drug-likeness (QED) is 0.831. The third kappa shape index (κ3) is 2.92. The minimum atomic E-state index is -0.158. The van der Waals surface area contributed by atoms with Gasteiger partial charge >= 0.3 is 0 Å². The van der Waals surface area contributed by atoms with E-state index in [1.807, 2.05) is 11.8 Å². The second-order valence-electron chi connectivity index (χ2n) is 4.99. The maximum absolute atomic E-state index is 12.4. The highest BCUT2D eigenvalue weighted by molar-refractivity contribution is 5.97. The van der Waals surface area contributed by atoms with Crippen molar-refractivity contribution in [3.05, 3.63) is 11.9 Å². The Labute approximate surface area is 118 Å². The third-order valence-electron chi connectivity index (χ3n) is 3.50. The van der Waals surface area contributed by atoms with E-state index in [1.165, 1.54) is 4.68 Å². The molecule has 2 N–H and O–H groups in total. The Balaban J connectivity index is 2.05. The molecule has 1 saturated heterocycles. The summed E-state index contributed by atoms with van der Waals surface area (Å²) in [7, 11) is 1.73. The Morgan fingerprint density at radius 3 is 2.50 bits per heavy atom. The lowest BCUT2D eigenvalue weighted by Gasteiger charge is -2.21. The van der Waals surface area contributed by atoms with Crippen molar-refractivity contribution in [2.45, 2.75) is 19.8 Å². The van der Waals surface area contributed by atoms with Crippen LogP contribution in [0.25, 0.3) is 0 Å². The Hall–Kier alpha value is -2.05. The molecule has 2 amide bonds. The van der Waals surface area contributed by atoms with E-state index in [4.69, 9.17) is 5.73 Å². The molecule has 2 rings (SSSR count). The summed E-state index contributed by atoms with van der Waals surface area (Å²) in [4.78, 5) is 27.6. The van der Waals surface area contributed by atoms with Crippen LogP contribution in [0.2, 0.25) is 0 Å². The molecule has 1 aromatic heterocycles. The fourth-order valence-electron chi connectivity index (χ4n) is 2.42. The number of carbonyl (C=O) groups excluding carboxylic acids is 2. The predicted molar refractivity (Wildman–Crippen MR) is 75.0 cm³/mol. The van der Waals surface area contributed by atoms with E-state index in [0.717, 1.165) is 6.42 Å². The van der Waals surface area contributed by atoms with Gasteiger partial charge in [0.05, 0.1) is 5.69 Å². The molecule has 1 aromatic rings. The molecule has 0 spiro atoms. The van der Waals surface area contributed by atoms with Crippen LogP contribution >= 0.6 is 0 Å². The van der Waals surface area contributed by atoms with Crippen LogP contribution in [0.1, 0.15) is 30.3 Å². The zero-order valence-corrected chi connectivity index (χ0v) is 12.0. The van der Waals surface area contributed by atoms with E-state index < -0.39 is 0 Å². The van der Waals surface area contributed by atoms with E-state index >= 15 is 0 Å². The van der Waals surface area contributed by atoms with Crippen molar-refractivity contribution in [1.29, 1.82) is 0 Å². The van der Waals surface area contributed by atoms with Gasteiger partial charge in [0.25, 0.3) is 5.91 Å². The van der Waals surface area contributed by atoms with Gasteiger partial charge < -0.3 is 15.5 Å². The lowest BCUT2D eigenvalue weighted by molar-refractivity contribution is -0.130. The van der Waals surface area contributed by atoms with Crippen LogP contribution in [-0.2, 0) is 11.8 Å². The Kier molecular flexibility index (Phi) is 4.26. The largest absolute Gasteiger partial charge is 0.396 e. The van der Waals surface area contributed by atoms with Crippen LogP contribution in [-0.4, -0.2) is 57.6 Å². The van der Waals surface area contributed by atoms with E-state index in [2.05, 4.69) is 5.10 Å². The maximum Gasteiger partial charge on any atom is 0.276 e. The Bertz CT molecular complexity index is 511. The molecule has 1 aliphatic heterocycles. The van der Waals surface area contributed by atoms with Crippen LogP contribution in [0, 0.1) is 0 Å². The van der Waals surface area contributed by atoms with Gasteiger partial charge in [-0.1, -0.05) is 6.92 Å². The average Bonchev–Trinajstić information content (AvgIpc) is 2.66. The smallest absolute Gasteiger partial charge is 0.276 e. The summed E-state index contributed by atoms with van der Waals surface area (Å²) in [5.74, 6) is -0.0226. The summed E-state index contributed by atoms with van der Waals surface area (Å²) >= 11 is 0. The van der Waals surface area contributed by atoms with Gasteiger partial charge in [0.1, 0.15) is 0 Å². The van der Waals surface area contributed by atoms with Crippen LogP contribution in [0.4, 0.5) is 5.69 Å². The minimum absolute atomic E-state index is 0.136. The normalized spacial score (nSPS) is 16.1. The summed E-state index contributed by atoms with van der Waals surface area (Å²) in [5.41, 5.74) is 6.48. The molecular formula is C13H21N5O2. The molecule has 0 saturated carbocycles. The number of aromatic nitrogens is 2. The summed E-state index contributed by atoms with van der Waals surface area (Å²) in [5, 5.41) is 4.11. The van der Waals surface area contributed by atoms with Gasteiger partial charge in [-0.05, 0) is 6.42 Å². The van der Waals surface area contributed by atoms with Gasteiger partial charge in [-0.15, -0.1) is 0 Å². The number of nitrogen functional groups attached to an aromatic ring is 1. The monoisotopic (exact) mass is 279 g/mol. The van der Waals surface area contributed by atoms with E-state index in [0.29, 0.717) is 44.0 Å². The lowest BCUT2D eigenvalue weighted by Crippen LogP contribution is -2.37. The number of nitrogens with two attached hydrogens (primary N) is 1. The summed E-state index contributed by atoms with van der Waals surface area (Å²) < 4.78 is 1.54. The van der Waals surface area contributed by atoms with E-state index in [9.17, 15) is 9.59 Å². The van der Waals surface area contributed by atoms with Crippen molar-refractivity contribution in [1.82, 2.24) is 19.6 Å². The maximum atomic E-state index is 12.4. The molecule has 1 aliphatic rings. The van der Waals surface area contributed by atoms with Crippen molar-refractivity contribution in [2.75, 3.05) is 31.9 Å². The van der Waals surface area contributed by atoms with Gasteiger partial charge in [-0.2, -0.15) is 5.10 Å². The predicted octanol–water partition coefficient (Wildman–Crippen LogP) is 0.0868. The Morgan fingerprint density at radius 2 is 1.90 bits per heavy atom. The highest BCUT2D eigenvalue weighted by atomic mass is 16.2.